The Labute approximate surface area is 126 Å². The molecule has 0 bridgehead atoms. The number of alkyl halides is 3. The number of hydrogen-bond acceptors (Lipinski definition) is 4. The van der Waals surface area contributed by atoms with Gasteiger partial charge in [0.25, 0.3) is 0 Å². The summed E-state index contributed by atoms with van der Waals surface area (Å²) in [5, 5.41) is 7.19. The Morgan fingerprint density at radius 1 is 1.27 bits per heavy atom. The summed E-state index contributed by atoms with van der Waals surface area (Å²) in [7, 11) is 0. The van der Waals surface area contributed by atoms with Gasteiger partial charge in [-0.1, -0.05) is 6.07 Å². The van der Waals surface area contributed by atoms with Gasteiger partial charge in [-0.2, -0.15) is 13.2 Å². The van der Waals surface area contributed by atoms with Crippen LogP contribution in [0.3, 0.4) is 0 Å². The predicted octanol–water partition coefficient (Wildman–Crippen LogP) is 2.10. The van der Waals surface area contributed by atoms with Gasteiger partial charge in [0, 0.05) is 24.7 Å². The van der Waals surface area contributed by atoms with Crippen molar-refractivity contribution < 1.29 is 13.2 Å². The highest BCUT2D eigenvalue weighted by Crippen LogP contribution is 2.30. The van der Waals surface area contributed by atoms with E-state index in [2.05, 4.69) is 4.98 Å². The number of hydrogen-bond donors (Lipinski definition) is 3. The smallest absolute Gasteiger partial charge is 0.402 e. The van der Waals surface area contributed by atoms with Crippen molar-refractivity contribution in [3.8, 4) is 0 Å². The Kier molecular flexibility index (Phi) is 4.58. The summed E-state index contributed by atoms with van der Waals surface area (Å²) in [6, 6.07) is 3.90. The Morgan fingerprint density at radius 3 is 2.45 bits per heavy atom. The highest BCUT2D eigenvalue weighted by molar-refractivity contribution is 5.89. The third-order valence-corrected chi connectivity index (χ3v) is 3.64. The first-order chi connectivity index (χ1) is 10.3. The Bertz CT molecular complexity index is 574. The van der Waals surface area contributed by atoms with Gasteiger partial charge < -0.3 is 16.4 Å². The second kappa shape index (κ2) is 6.25. The molecule has 1 aliphatic heterocycles. The summed E-state index contributed by atoms with van der Waals surface area (Å²) in [5.41, 5.74) is 10.8. The number of halogens is 3. The van der Waals surface area contributed by atoms with Gasteiger partial charge in [0.1, 0.15) is 17.3 Å². The van der Waals surface area contributed by atoms with E-state index >= 15 is 0 Å². The van der Waals surface area contributed by atoms with Crippen LogP contribution >= 0.6 is 0 Å². The van der Waals surface area contributed by atoms with E-state index < -0.39 is 11.9 Å². The fourth-order valence-electron chi connectivity index (χ4n) is 2.50. The fraction of sp³-hybridized carbons (Fsp3) is 0.429. The molecule has 1 fully saturated rings. The van der Waals surface area contributed by atoms with Gasteiger partial charge in [0.2, 0.25) is 0 Å². The molecular formula is C14H18F3N5. The summed E-state index contributed by atoms with van der Waals surface area (Å²) < 4.78 is 38.1. The average Bonchev–Trinajstić information content (AvgIpc) is 2.46. The highest BCUT2D eigenvalue weighted by Gasteiger charge is 2.33. The van der Waals surface area contributed by atoms with Gasteiger partial charge in [-0.25, -0.2) is 4.98 Å². The molecule has 22 heavy (non-hydrogen) atoms. The van der Waals surface area contributed by atoms with Crippen LogP contribution in [0.5, 0.6) is 0 Å². The minimum atomic E-state index is -4.44. The van der Waals surface area contributed by atoms with Crippen molar-refractivity contribution in [2.24, 2.45) is 17.4 Å². The number of piperidine rings is 1. The van der Waals surface area contributed by atoms with Crippen LogP contribution in [0.2, 0.25) is 0 Å². The maximum Gasteiger partial charge on any atom is 0.433 e. The van der Waals surface area contributed by atoms with Crippen molar-refractivity contribution in [2.45, 2.75) is 19.0 Å². The second-order valence-electron chi connectivity index (χ2n) is 5.24. The lowest BCUT2D eigenvalue weighted by atomic mass is 9.93. The van der Waals surface area contributed by atoms with E-state index in [1.54, 1.807) is 6.07 Å². The van der Waals surface area contributed by atoms with E-state index in [-0.39, 0.29) is 11.8 Å². The van der Waals surface area contributed by atoms with E-state index in [0.717, 1.165) is 6.07 Å². The highest BCUT2D eigenvalue weighted by atomic mass is 19.4. The lowest BCUT2D eigenvalue weighted by Gasteiger charge is -2.33. The minimum absolute atomic E-state index is 0.0888. The molecule has 1 aromatic heterocycles. The first kappa shape index (κ1) is 16.1. The van der Waals surface area contributed by atoms with Crippen molar-refractivity contribution >= 4 is 11.7 Å². The normalized spacial score (nSPS) is 17.6. The molecule has 0 aromatic carbocycles. The van der Waals surface area contributed by atoms with E-state index in [1.165, 1.54) is 12.1 Å². The number of allylic oxidation sites excluding steroid dienone is 1. The molecule has 1 aromatic rings. The van der Waals surface area contributed by atoms with Gasteiger partial charge in [-0.3, -0.25) is 5.41 Å². The van der Waals surface area contributed by atoms with Crippen molar-refractivity contribution in [1.82, 2.24) is 4.98 Å². The molecule has 5 nitrogen and oxygen atoms in total. The molecule has 0 aliphatic carbocycles. The maximum absolute atomic E-state index is 12.7. The molecule has 0 spiro atoms. The summed E-state index contributed by atoms with van der Waals surface area (Å²) in [6.45, 7) is 1.12. The molecule has 1 saturated heterocycles. The maximum atomic E-state index is 12.7. The summed E-state index contributed by atoms with van der Waals surface area (Å²) in [4.78, 5) is 5.50. The van der Waals surface area contributed by atoms with Gasteiger partial charge in [-0.15, -0.1) is 0 Å². The summed E-state index contributed by atoms with van der Waals surface area (Å²) in [5.74, 6) is 0.313. The number of anilines is 1. The largest absolute Gasteiger partial charge is 0.433 e. The number of rotatable bonds is 3. The third-order valence-electron chi connectivity index (χ3n) is 3.64. The SMILES string of the molecule is N=C(N)C=C(N)C1CCN(c2cccc(C(F)(F)F)n2)CC1. The zero-order valence-electron chi connectivity index (χ0n) is 11.9. The monoisotopic (exact) mass is 313 g/mol. The molecule has 2 heterocycles. The molecule has 0 atom stereocenters. The second-order valence-corrected chi connectivity index (χ2v) is 5.24. The van der Waals surface area contributed by atoms with E-state index in [4.69, 9.17) is 16.9 Å². The lowest BCUT2D eigenvalue weighted by molar-refractivity contribution is -0.141. The standard InChI is InChI=1S/C14H18F3N5/c15-14(16,17)11-2-1-3-13(21-11)22-6-4-9(5-7-22)10(18)8-12(19)20/h1-3,8-9H,4-7,18H2,(H3,19,20). The molecule has 0 radical (unpaired) electrons. The molecule has 120 valence electrons. The number of nitrogens with zero attached hydrogens (tertiary/aromatic N) is 2. The predicted molar refractivity (Wildman–Crippen MR) is 78.4 cm³/mol. The van der Waals surface area contributed by atoms with Gasteiger partial charge >= 0.3 is 6.18 Å². The first-order valence-electron chi connectivity index (χ1n) is 6.87. The van der Waals surface area contributed by atoms with Gasteiger partial charge in [0.15, 0.2) is 0 Å². The summed E-state index contributed by atoms with van der Waals surface area (Å²) in [6.07, 6.45) is -1.65. The zero-order valence-corrected chi connectivity index (χ0v) is 11.9. The first-order valence-corrected chi connectivity index (χ1v) is 6.87. The van der Waals surface area contributed by atoms with Crippen LogP contribution in [0.1, 0.15) is 18.5 Å². The van der Waals surface area contributed by atoms with Crippen molar-refractivity contribution in [3.05, 3.63) is 35.7 Å². The molecular weight excluding hydrogens is 295 g/mol. The Hall–Kier alpha value is -2.25. The van der Waals surface area contributed by atoms with E-state index in [0.29, 0.717) is 37.4 Å². The van der Waals surface area contributed by atoms with Crippen LogP contribution in [0.25, 0.3) is 0 Å². The Balaban J connectivity index is 2.05. The van der Waals surface area contributed by atoms with E-state index in [1.807, 2.05) is 4.90 Å². The topological polar surface area (TPSA) is 92.0 Å². The lowest BCUT2D eigenvalue weighted by Crippen LogP contribution is -2.36. The molecule has 0 saturated carbocycles. The zero-order chi connectivity index (χ0) is 16.3. The van der Waals surface area contributed by atoms with Crippen molar-refractivity contribution in [1.29, 1.82) is 5.41 Å². The third kappa shape index (κ3) is 3.90. The van der Waals surface area contributed by atoms with Crippen molar-refractivity contribution in [3.63, 3.8) is 0 Å². The fourth-order valence-corrected chi connectivity index (χ4v) is 2.50. The van der Waals surface area contributed by atoms with Crippen LogP contribution in [-0.2, 0) is 6.18 Å². The van der Waals surface area contributed by atoms with Crippen LogP contribution in [-0.4, -0.2) is 23.9 Å². The minimum Gasteiger partial charge on any atom is -0.402 e. The van der Waals surface area contributed by atoms with E-state index in [9.17, 15) is 13.2 Å². The summed E-state index contributed by atoms with van der Waals surface area (Å²) >= 11 is 0. The molecule has 8 heteroatoms. The van der Waals surface area contributed by atoms with Crippen LogP contribution in [0, 0.1) is 11.3 Å². The quantitative estimate of drug-likeness (QED) is 0.588. The number of aromatic nitrogens is 1. The van der Waals surface area contributed by atoms with Crippen LogP contribution in [0.4, 0.5) is 19.0 Å². The molecule has 0 amide bonds. The number of amidine groups is 1. The number of pyridine rings is 1. The Morgan fingerprint density at radius 2 is 1.91 bits per heavy atom. The van der Waals surface area contributed by atoms with Crippen LogP contribution < -0.4 is 16.4 Å². The number of nitrogens with two attached hydrogens (primary N) is 2. The van der Waals surface area contributed by atoms with Crippen molar-refractivity contribution in [2.75, 3.05) is 18.0 Å². The molecule has 5 N–H and O–H groups in total. The number of nitrogens with one attached hydrogen (secondary N) is 1. The average molecular weight is 313 g/mol. The molecule has 2 rings (SSSR count). The van der Waals surface area contributed by atoms with Gasteiger partial charge in [0.05, 0.1) is 0 Å². The van der Waals surface area contributed by atoms with Gasteiger partial charge in [-0.05, 0) is 31.1 Å². The molecule has 0 unspecified atom stereocenters. The van der Waals surface area contributed by atoms with Crippen LogP contribution in [0.15, 0.2) is 30.0 Å². The molecule has 1 aliphatic rings.